The van der Waals surface area contributed by atoms with Gasteiger partial charge in [0.1, 0.15) is 37.0 Å². The summed E-state index contributed by atoms with van der Waals surface area (Å²) in [6.45, 7) is 0.0800. The van der Waals surface area contributed by atoms with E-state index in [1.54, 1.807) is 26.4 Å². The number of carbonyl (C=O) groups is 2. The highest BCUT2D eigenvalue weighted by molar-refractivity contribution is 6.11. The quantitative estimate of drug-likeness (QED) is 0.0419. The lowest BCUT2D eigenvalue weighted by Crippen LogP contribution is -2.17. The van der Waals surface area contributed by atoms with E-state index < -0.39 is 12.2 Å². The van der Waals surface area contributed by atoms with Crippen LogP contribution in [-0.4, -0.2) is 52.6 Å². The van der Waals surface area contributed by atoms with Crippen LogP contribution in [0, 0.1) is 0 Å². The molecule has 2 heterocycles. The molecule has 0 amide bonds. The molecular weight excluding hydrogens is 889 g/mol. The zero-order chi connectivity index (χ0) is 48.5. The van der Waals surface area contributed by atoms with E-state index in [1.807, 2.05) is 194 Å². The molecule has 0 aliphatic heterocycles. The molecule has 71 heavy (non-hydrogen) atoms. The van der Waals surface area contributed by atoms with Gasteiger partial charge in [-0.2, -0.15) is 0 Å². The van der Waals surface area contributed by atoms with Gasteiger partial charge in [-0.1, -0.05) is 158 Å². The van der Waals surface area contributed by atoms with E-state index in [9.17, 15) is 9.59 Å². The van der Waals surface area contributed by atoms with Crippen molar-refractivity contribution in [1.29, 1.82) is 0 Å². The highest BCUT2D eigenvalue weighted by Gasteiger charge is 2.28. The van der Waals surface area contributed by atoms with Crippen LogP contribution < -0.4 is 0 Å². The molecule has 0 spiro atoms. The van der Waals surface area contributed by atoms with Gasteiger partial charge in [-0.15, -0.1) is 0 Å². The summed E-state index contributed by atoms with van der Waals surface area (Å²) >= 11 is 0. The number of methoxy groups -OCH3 is 2. The molecule has 10 rings (SSSR count). The van der Waals surface area contributed by atoms with Crippen molar-refractivity contribution in [2.24, 2.45) is 0 Å². The highest BCUT2D eigenvalue weighted by atomic mass is 16.7. The van der Waals surface area contributed by atoms with Gasteiger partial charge in [0, 0.05) is 36.1 Å². The molecule has 0 radical (unpaired) electrons. The maximum absolute atomic E-state index is 14.2. The third-order valence-electron chi connectivity index (χ3n) is 12.6. The summed E-state index contributed by atoms with van der Waals surface area (Å²) < 4.78 is 42.8. The van der Waals surface area contributed by atoms with Gasteiger partial charge in [-0.25, -0.2) is 0 Å². The van der Waals surface area contributed by atoms with Crippen molar-refractivity contribution < 1.29 is 42.1 Å². The van der Waals surface area contributed by atoms with E-state index in [2.05, 4.69) is 0 Å². The summed E-state index contributed by atoms with van der Waals surface area (Å²) in [7, 11) is 3.29. The Morgan fingerprint density at radius 1 is 0.394 bits per heavy atom. The molecule has 9 heteroatoms. The number of benzene rings is 8. The molecule has 8 aromatic carbocycles. The second kappa shape index (κ2) is 21.7. The summed E-state index contributed by atoms with van der Waals surface area (Å²) in [4.78, 5) is 28.5. The minimum atomic E-state index is -0.562. The molecule has 0 fully saturated rings. The van der Waals surface area contributed by atoms with E-state index in [-0.39, 0.29) is 49.9 Å². The smallest absolute Gasteiger partial charge is 0.228 e. The van der Waals surface area contributed by atoms with Gasteiger partial charge >= 0.3 is 0 Å². The van der Waals surface area contributed by atoms with Crippen LogP contribution in [-0.2, 0) is 23.7 Å². The molecule has 2 atom stereocenters. The number of carbonyl (C=O) groups excluding carboxylic acids is 2. The summed E-state index contributed by atoms with van der Waals surface area (Å²) in [5.41, 5.74) is 10.9. The van der Waals surface area contributed by atoms with Gasteiger partial charge in [-0.05, 0) is 104 Å². The maximum Gasteiger partial charge on any atom is 0.228 e. The average molecular weight is 939 g/mol. The van der Waals surface area contributed by atoms with Crippen molar-refractivity contribution in [1.82, 2.24) is 0 Å². The number of hydrogen-bond acceptors (Lipinski definition) is 9. The molecule has 2 aromatic heterocycles. The van der Waals surface area contributed by atoms with Crippen LogP contribution in [0.3, 0.4) is 0 Å². The lowest BCUT2D eigenvalue weighted by Gasteiger charge is -2.25. The van der Waals surface area contributed by atoms with Crippen molar-refractivity contribution >= 4 is 33.5 Å². The summed E-state index contributed by atoms with van der Waals surface area (Å²) in [6, 6.07) is 66.2. The summed E-state index contributed by atoms with van der Waals surface area (Å²) in [5, 5.41) is 1.72. The Labute approximate surface area is 411 Å². The standard InChI is InChI=1S/C62H50O9/c1-65-57(59-49(41-19-7-3-8-20-41)31-47(32-50(59)42-21-9-4-10-22-42)61(63)55-35-45-27-15-17-29-53(45)70-55)37-67-39-69-40-68-38-58(66-2)60-51(43-23-11-5-12-24-43)33-48(34-52(60)44-25-13-6-14-26-44)62(64)56-36-46-28-16-18-30-54(46)71-56/h3-36,57-58H,37-40H2,1-2H3/t57-,58-/m0/s1. The monoisotopic (exact) mass is 938 g/mol. The van der Waals surface area contributed by atoms with Crippen LogP contribution in [0.25, 0.3) is 66.4 Å². The molecule has 0 saturated heterocycles. The zero-order valence-corrected chi connectivity index (χ0v) is 39.3. The lowest BCUT2D eigenvalue weighted by molar-refractivity contribution is -0.153. The average Bonchev–Trinajstić information content (AvgIpc) is 4.08. The number of fused-ring (bicyclic) bond motifs is 2. The zero-order valence-electron chi connectivity index (χ0n) is 39.3. The minimum absolute atomic E-state index is 0.0927. The topological polar surface area (TPSA) is 107 Å². The molecule has 0 aliphatic rings. The number of para-hydroxylation sites is 2. The third-order valence-corrected chi connectivity index (χ3v) is 12.6. The molecule has 352 valence electrons. The Kier molecular flexibility index (Phi) is 14.3. The lowest BCUT2D eigenvalue weighted by atomic mass is 9.86. The predicted molar refractivity (Wildman–Crippen MR) is 276 cm³/mol. The Morgan fingerprint density at radius 3 is 1.01 bits per heavy atom. The Bertz CT molecular complexity index is 3000. The van der Waals surface area contributed by atoms with Crippen LogP contribution in [0.15, 0.2) is 215 Å². The van der Waals surface area contributed by atoms with E-state index in [4.69, 9.17) is 32.5 Å². The van der Waals surface area contributed by atoms with Crippen molar-refractivity contribution in [3.63, 3.8) is 0 Å². The first-order valence-electron chi connectivity index (χ1n) is 23.4. The number of rotatable bonds is 20. The SMILES string of the molecule is CO[C@@H](COCOCOC[C@H](OC)c1c(-c2ccccc2)cc(C(=O)c2cc3ccccc3o2)cc1-c1ccccc1)c1c(-c2ccccc2)cc(C(=O)c2cc3ccccc3o2)cc1-c1ccccc1. The first kappa shape index (κ1) is 46.7. The van der Waals surface area contributed by atoms with Crippen LogP contribution in [0.4, 0.5) is 0 Å². The van der Waals surface area contributed by atoms with Crippen LogP contribution in [0.2, 0.25) is 0 Å². The maximum atomic E-state index is 14.2. The fourth-order valence-corrected chi connectivity index (χ4v) is 9.16. The van der Waals surface area contributed by atoms with Gasteiger partial charge in [-0.3, -0.25) is 9.59 Å². The van der Waals surface area contributed by atoms with E-state index in [0.29, 0.717) is 22.3 Å². The van der Waals surface area contributed by atoms with Crippen molar-refractivity contribution in [3.05, 3.63) is 240 Å². The summed E-state index contributed by atoms with van der Waals surface area (Å²) in [5.74, 6) is 0.0696. The molecule has 0 saturated carbocycles. The highest BCUT2D eigenvalue weighted by Crippen LogP contribution is 2.42. The van der Waals surface area contributed by atoms with Gasteiger partial charge in [0.2, 0.25) is 11.6 Å². The van der Waals surface area contributed by atoms with Crippen molar-refractivity contribution in [2.45, 2.75) is 12.2 Å². The van der Waals surface area contributed by atoms with Crippen LogP contribution in [0.1, 0.15) is 55.6 Å². The van der Waals surface area contributed by atoms with Gasteiger partial charge in [0.05, 0.1) is 13.2 Å². The molecule has 10 aromatic rings. The minimum Gasteiger partial charge on any atom is -0.453 e. The molecular formula is C62H50O9. The Hall–Kier alpha value is -8.02. The van der Waals surface area contributed by atoms with E-state index in [0.717, 1.165) is 66.4 Å². The van der Waals surface area contributed by atoms with Crippen LogP contribution in [0.5, 0.6) is 0 Å². The van der Waals surface area contributed by atoms with E-state index >= 15 is 0 Å². The third kappa shape index (κ3) is 10.2. The van der Waals surface area contributed by atoms with E-state index in [1.165, 1.54) is 0 Å². The number of ether oxygens (including phenoxy) is 5. The van der Waals surface area contributed by atoms with Crippen molar-refractivity contribution in [3.8, 4) is 44.5 Å². The Balaban J connectivity index is 0.882. The Morgan fingerprint density at radius 2 is 0.704 bits per heavy atom. The largest absolute Gasteiger partial charge is 0.453 e. The number of ketones is 2. The number of hydrogen-bond donors (Lipinski definition) is 0. The molecule has 0 aliphatic carbocycles. The molecule has 0 N–H and O–H groups in total. The summed E-state index contributed by atoms with van der Waals surface area (Å²) in [6.07, 6.45) is -1.12. The fraction of sp³-hybridized carbons (Fsp3) is 0.129. The first-order chi connectivity index (χ1) is 35.0. The molecule has 9 nitrogen and oxygen atoms in total. The van der Waals surface area contributed by atoms with Gasteiger partial charge < -0.3 is 32.5 Å². The van der Waals surface area contributed by atoms with Crippen LogP contribution >= 0.6 is 0 Å². The fourth-order valence-electron chi connectivity index (χ4n) is 9.16. The predicted octanol–water partition coefficient (Wildman–Crippen LogP) is 14.3. The van der Waals surface area contributed by atoms with Crippen molar-refractivity contribution in [2.75, 3.05) is 41.0 Å². The second-order valence-corrected chi connectivity index (χ2v) is 17.0. The number of furan rings is 2. The first-order valence-corrected chi connectivity index (χ1v) is 23.4. The molecule has 0 bridgehead atoms. The van der Waals surface area contributed by atoms with Gasteiger partial charge in [0.15, 0.2) is 11.5 Å². The van der Waals surface area contributed by atoms with Gasteiger partial charge in [0.25, 0.3) is 0 Å². The molecule has 0 unspecified atom stereocenters. The second-order valence-electron chi connectivity index (χ2n) is 17.0. The normalized spacial score (nSPS) is 12.3.